The summed E-state index contributed by atoms with van der Waals surface area (Å²) in [6.45, 7) is 11.8. The highest BCUT2D eigenvalue weighted by Gasteiger charge is 2.49. The number of carbonyl (C=O) groups excluding carboxylic acids is 1. The predicted octanol–water partition coefficient (Wildman–Crippen LogP) is 5.61. The molecule has 1 amide bonds. The summed E-state index contributed by atoms with van der Waals surface area (Å²) in [5, 5.41) is 10.5. The summed E-state index contributed by atoms with van der Waals surface area (Å²) in [7, 11) is 0. The number of aliphatic hydroxyl groups excluding tert-OH is 1. The fraction of sp³-hybridized carbons (Fsp3) is 0.536. The van der Waals surface area contributed by atoms with Crippen LogP contribution in [0.15, 0.2) is 65.3 Å². The van der Waals surface area contributed by atoms with Crippen molar-refractivity contribution < 1.29 is 9.90 Å². The molecule has 0 unspecified atom stereocenters. The van der Waals surface area contributed by atoms with Gasteiger partial charge in [0, 0.05) is 12.1 Å². The van der Waals surface area contributed by atoms with Crippen LogP contribution in [0.5, 0.6) is 0 Å². The number of benzene rings is 1. The van der Waals surface area contributed by atoms with Crippen LogP contribution in [0.25, 0.3) is 0 Å². The molecule has 31 heavy (non-hydrogen) atoms. The number of amides is 1. The molecule has 0 saturated carbocycles. The van der Waals surface area contributed by atoms with Gasteiger partial charge >= 0.3 is 0 Å². The van der Waals surface area contributed by atoms with Crippen LogP contribution in [0.4, 0.5) is 0 Å². The quantitative estimate of drug-likeness (QED) is 0.647. The van der Waals surface area contributed by atoms with E-state index in [0.717, 1.165) is 61.8 Å². The van der Waals surface area contributed by atoms with E-state index in [1.165, 1.54) is 11.1 Å². The molecule has 1 heterocycles. The van der Waals surface area contributed by atoms with Crippen LogP contribution in [0.1, 0.15) is 64.9 Å². The zero-order chi connectivity index (χ0) is 22.2. The van der Waals surface area contributed by atoms with Crippen LogP contribution in [-0.4, -0.2) is 34.6 Å². The van der Waals surface area contributed by atoms with Gasteiger partial charge < -0.3 is 10.0 Å². The second kappa shape index (κ2) is 8.78. The summed E-state index contributed by atoms with van der Waals surface area (Å²) in [5.41, 5.74) is 6.02. The van der Waals surface area contributed by atoms with Crippen molar-refractivity contribution in [3.8, 4) is 0 Å². The van der Waals surface area contributed by atoms with E-state index in [9.17, 15) is 9.90 Å². The van der Waals surface area contributed by atoms with Crippen LogP contribution >= 0.6 is 0 Å². The topological polar surface area (TPSA) is 40.5 Å². The maximum absolute atomic E-state index is 13.6. The molecule has 1 aromatic carbocycles. The molecule has 0 fully saturated rings. The van der Waals surface area contributed by atoms with E-state index in [4.69, 9.17) is 0 Å². The van der Waals surface area contributed by atoms with Crippen molar-refractivity contribution in [3.63, 3.8) is 0 Å². The van der Waals surface area contributed by atoms with Crippen molar-refractivity contribution in [2.75, 3.05) is 6.54 Å². The van der Waals surface area contributed by atoms with Gasteiger partial charge in [0.15, 0.2) is 0 Å². The zero-order valence-electron chi connectivity index (χ0n) is 19.4. The van der Waals surface area contributed by atoms with Gasteiger partial charge in [-0.3, -0.25) is 4.79 Å². The summed E-state index contributed by atoms with van der Waals surface area (Å²) in [6, 6.07) is 10.6. The van der Waals surface area contributed by atoms with Crippen molar-refractivity contribution in [2.24, 2.45) is 11.3 Å². The first-order valence-electron chi connectivity index (χ1n) is 11.9. The average molecular weight is 420 g/mol. The van der Waals surface area contributed by atoms with Gasteiger partial charge in [-0.15, -0.1) is 0 Å². The van der Waals surface area contributed by atoms with Gasteiger partial charge in [-0.05, 0) is 74.3 Å². The third-order valence-electron chi connectivity index (χ3n) is 7.83. The Morgan fingerprint density at radius 2 is 1.84 bits per heavy atom. The van der Waals surface area contributed by atoms with Crippen molar-refractivity contribution in [2.45, 2.75) is 77.9 Å². The molecule has 166 valence electrons. The van der Waals surface area contributed by atoms with Crippen molar-refractivity contribution >= 4 is 5.91 Å². The summed E-state index contributed by atoms with van der Waals surface area (Å²) < 4.78 is 0. The van der Waals surface area contributed by atoms with Crippen LogP contribution in [0, 0.1) is 11.3 Å². The van der Waals surface area contributed by atoms with Gasteiger partial charge in [0.2, 0.25) is 5.91 Å². The highest BCUT2D eigenvalue weighted by molar-refractivity contribution is 5.98. The molecule has 0 saturated heterocycles. The van der Waals surface area contributed by atoms with Crippen molar-refractivity contribution in [3.05, 3.63) is 70.8 Å². The minimum atomic E-state index is -0.483. The minimum Gasteiger partial charge on any atom is -0.389 e. The lowest BCUT2D eigenvalue weighted by atomic mass is 9.62. The van der Waals surface area contributed by atoms with E-state index >= 15 is 0 Å². The summed E-state index contributed by atoms with van der Waals surface area (Å²) in [6.07, 6.45) is 7.83. The van der Waals surface area contributed by atoms with E-state index in [-0.39, 0.29) is 17.4 Å². The summed E-state index contributed by atoms with van der Waals surface area (Å²) >= 11 is 0. The van der Waals surface area contributed by atoms with Crippen LogP contribution in [-0.2, 0) is 11.2 Å². The number of carbonyl (C=O) groups is 1. The molecule has 2 bridgehead atoms. The molecule has 0 spiro atoms. The maximum Gasteiger partial charge on any atom is 0.250 e. The van der Waals surface area contributed by atoms with E-state index < -0.39 is 6.10 Å². The predicted molar refractivity (Wildman–Crippen MR) is 127 cm³/mol. The Morgan fingerprint density at radius 3 is 2.58 bits per heavy atom. The smallest absolute Gasteiger partial charge is 0.250 e. The Bertz CT molecular complexity index is 908. The SMILES string of the molecule is C=C1CC[C@H]2CCC3=C([C@H](CC(C)=C[C@H](O)C1)N(CCc1ccccc1)C3=O)C2(C)C. The van der Waals surface area contributed by atoms with E-state index in [1.54, 1.807) is 0 Å². The number of fused-ring (bicyclic) bond motifs is 1. The lowest BCUT2D eigenvalue weighted by molar-refractivity contribution is -0.127. The molecule has 3 nitrogen and oxygen atoms in total. The molecule has 3 aliphatic rings. The highest BCUT2D eigenvalue weighted by atomic mass is 16.3. The normalized spacial score (nSPS) is 28.8. The Morgan fingerprint density at radius 1 is 1.13 bits per heavy atom. The van der Waals surface area contributed by atoms with Crippen molar-refractivity contribution in [1.82, 2.24) is 4.90 Å². The van der Waals surface area contributed by atoms with Crippen LogP contribution < -0.4 is 0 Å². The third-order valence-corrected chi connectivity index (χ3v) is 7.83. The lowest BCUT2D eigenvalue weighted by Crippen LogP contribution is -2.41. The molecule has 1 aliphatic heterocycles. The molecular weight excluding hydrogens is 382 g/mol. The van der Waals surface area contributed by atoms with E-state index in [2.05, 4.69) is 56.5 Å². The first-order chi connectivity index (χ1) is 14.8. The van der Waals surface area contributed by atoms with E-state index in [1.807, 2.05) is 12.1 Å². The molecule has 4 rings (SSSR count). The Kier molecular flexibility index (Phi) is 6.25. The monoisotopic (exact) mass is 419 g/mol. The average Bonchev–Trinajstić information content (AvgIpc) is 2.97. The number of rotatable bonds is 3. The molecule has 1 N–H and O–H groups in total. The molecular formula is C28H37NO2. The maximum atomic E-state index is 13.6. The number of nitrogens with zero attached hydrogens (tertiary/aromatic N) is 1. The molecule has 1 aromatic rings. The van der Waals surface area contributed by atoms with Gasteiger partial charge in [-0.1, -0.05) is 68.0 Å². The van der Waals surface area contributed by atoms with Gasteiger partial charge in [-0.25, -0.2) is 0 Å². The highest BCUT2D eigenvalue weighted by Crippen LogP contribution is 2.53. The van der Waals surface area contributed by atoms with Gasteiger partial charge in [0.05, 0.1) is 12.1 Å². The fourth-order valence-corrected chi connectivity index (χ4v) is 6.15. The van der Waals surface area contributed by atoms with E-state index in [0.29, 0.717) is 12.3 Å². The summed E-state index contributed by atoms with van der Waals surface area (Å²) in [4.78, 5) is 15.7. The summed E-state index contributed by atoms with van der Waals surface area (Å²) in [5.74, 6) is 0.795. The first-order valence-corrected chi connectivity index (χ1v) is 11.9. The second-order valence-corrected chi connectivity index (χ2v) is 10.4. The molecule has 2 aliphatic carbocycles. The lowest BCUT2D eigenvalue weighted by Gasteiger charge is -2.43. The number of hydrogen-bond donors (Lipinski definition) is 1. The minimum absolute atomic E-state index is 0.00772. The number of aliphatic hydroxyl groups is 1. The molecule has 0 aromatic heterocycles. The van der Waals surface area contributed by atoms with Crippen LogP contribution in [0.2, 0.25) is 0 Å². The van der Waals surface area contributed by atoms with Gasteiger partial charge in [-0.2, -0.15) is 0 Å². The molecule has 3 atom stereocenters. The van der Waals surface area contributed by atoms with Crippen molar-refractivity contribution in [1.29, 1.82) is 0 Å². The Labute approximate surface area is 187 Å². The van der Waals surface area contributed by atoms with Crippen LogP contribution in [0.3, 0.4) is 0 Å². The Balaban J connectivity index is 1.69. The van der Waals surface area contributed by atoms with Gasteiger partial charge in [0.25, 0.3) is 0 Å². The zero-order valence-corrected chi connectivity index (χ0v) is 19.4. The fourth-order valence-electron chi connectivity index (χ4n) is 6.15. The second-order valence-electron chi connectivity index (χ2n) is 10.4. The largest absolute Gasteiger partial charge is 0.389 e. The third kappa shape index (κ3) is 4.43. The first kappa shape index (κ1) is 22.1. The Hall–Kier alpha value is -2.13. The molecule has 0 radical (unpaired) electrons. The number of hydrogen-bond acceptors (Lipinski definition) is 2. The van der Waals surface area contributed by atoms with Gasteiger partial charge in [0.1, 0.15) is 0 Å². The molecule has 3 heteroatoms. The standard InChI is InChI=1S/C28H37NO2/c1-19-10-11-22-12-13-24-26(28(22,3)4)25(18-20(2)17-23(30)16-19)29(27(24)31)15-14-21-8-6-5-7-9-21/h5-9,17,22-23,25,30H,1,10-16,18H2,2-4H3/t22-,23+,25-/m0/s1.